The molecular formula is C22H24ClFN4O3. The fourth-order valence-electron chi connectivity index (χ4n) is 4.73. The third-order valence-electron chi connectivity index (χ3n) is 6.56. The Balaban J connectivity index is 1.52. The third kappa shape index (κ3) is 3.61. The Morgan fingerprint density at radius 3 is 2.81 bits per heavy atom. The average molecular weight is 447 g/mol. The number of fused-ring (bicyclic) bond motifs is 2. The quantitative estimate of drug-likeness (QED) is 0.748. The summed E-state index contributed by atoms with van der Waals surface area (Å²) in [6.07, 6.45) is 3.02. The molecule has 2 saturated heterocycles. The van der Waals surface area contributed by atoms with Crippen LogP contribution in [0.25, 0.3) is 11.3 Å². The zero-order valence-corrected chi connectivity index (χ0v) is 18.0. The van der Waals surface area contributed by atoms with Crippen molar-refractivity contribution in [2.24, 2.45) is 4.99 Å². The predicted octanol–water partition coefficient (Wildman–Crippen LogP) is 3.65. The molecule has 9 heteroatoms. The van der Waals surface area contributed by atoms with Crippen LogP contribution < -0.4 is 5.32 Å². The maximum atomic E-state index is 15.1. The minimum Gasteiger partial charge on any atom is -0.389 e. The van der Waals surface area contributed by atoms with Crippen molar-refractivity contribution in [1.29, 1.82) is 0 Å². The van der Waals surface area contributed by atoms with Crippen LogP contribution in [0.1, 0.15) is 31.7 Å². The Bertz CT molecular complexity index is 1040. The maximum Gasteiger partial charge on any atom is 0.223 e. The van der Waals surface area contributed by atoms with Crippen LogP contribution in [0.2, 0.25) is 5.02 Å². The summed E-state index contributed by atoms with van der Waals surface area (Å²) in [4.78, 5) is 13.4. The van der Waals surface area contributed by atoms with E-state index in [0.29, 0.717) is 54.2 Å². The summed E-state index contributed by atoms with van der Waals surface area (Å²) >= 11 is 6.42. The second-order valence-corrected chi connectivity index (χ2v) is 8.73. The first-order chi connectivity index (χ1) is 15.0. The van der Waals surface area contributed by atoms with Gasteiger partial charge in [-0.15, -0.1) is 0 Å². The van der Waals surface area contributed by atoms with Gasteiger partial charge < -0.3 is 19.9 Å². The number of ether oxygens (including phenoxy) is 2. The van der Waals surface area contributed by atoms with Crippen molar-refractivity contribution in [3.05, 3.63) is 34.7 Å². The highest BCUT2D eigenvalue weighted by Gasteiger charge is 2.44. The number of aliphatic imine (C=N–C) groups is 1. The summed E-state index contributed by atoms with van der Waals surface area (Å²) in [5, 5.41) is 13.6. The van der Waals surface area contributed by atoms with Gasteiger partial charge in [-0.2, -0.15) is 0 Å². The van der Waals surface area contributed by atoms with Gasteiger partial charge in [-0.1, -0.05) is 11.6 Å². The summed E-state index contributed by atoms with van der Waals surface area (Å²) in [5.74, 6) is -0.0567. The molecule has 0 radical (unpaired) electrons. The highest BCUT2D eigenvalue weighted by Crippen LogP contribution is 2.49. The van der Waals surface area contributed by atoms with Crippen molar-refractivity contribution in [3.63, 3.8) is 0 Å². The highest BCUT2D eigenvalue weighted by atomic mass is 35.5. The Morgan fingerprint density at radius 2 is 2.03 bits per heavy atom. The monoisotopic (exact) mass is 446 g/mol. The normalized spacial score (nSPS) is 24.7. The number of hydrogen-bond acceptors (Lipinski definition) is 7. The van der Waals surface area contributed by atoms with Crippen LogP contribution in [0, 0.1) is 5.82 Å². The first kappa shape index (κ1) is 20.8. The fraction of sp³-hybridized carbons (Fsp3) is 0.500. The zero-order chi connectivity index (χ0) is 21.6. The van der Waals surface area contributed by atoms with E-state index in [9.17, 15) is 5.11 Å². The average Bonchev–Trinajstić information content (AvgIpc) is 3.03. The van der Waals surface area contributed by atoms with E-state index < -0.39 is 6.10 Å². The van der Waals surface area contributed by atoms with Crippen molar-refractivity contribution < 1.29 is 19.0 Å². The fourth-order valence-corrected chi connectivity index (χ4v) is 4.93. The SMILES string of the molecule is CC1=Nc2c(F)cc(-c3nc(NC4CCOCC4O)ncc3Cl)cc2C12CCOCC2. The molecule has 0 aliphatic carbocycles. The summed E-state index contributed by atoms with van der Waals surface area (Å²) in [6, 6.07) is 3.15. The molecule has 2 unspecified atom stereocenters. The number of rotatable bonds is 3. The van der Waals surface area contributed by atoms with Gasteiger partial charge in [-0.3, -0.25) is 4.99 Å². The van der Waals surface area contributed by atoms with Crippen LogP contribution >= 0.6 is 11.6 Å². The molecular weight excluding hydrogens is 423 g/mol. The molecule has 3 aliphatic rings. The standard InChI is InChI=1S/C22H24ClFN4O3/c1-12-22(3-6-30-7-4-22)14-8-13(9-16(24)20(14)26-12)19-15(23)10-25-21(28-19)27-17-2-5-31-11-18(17)29/h8-10,17-18,29H,2-7,11H2,1H3,(H,25,27,28). The van der Waals surface area contributed by atoms with E-state index in [0.717, 1.165) is 24.1 Å². The van der Waals surface area contributed by atoms with Gasteiger partial charge in [0.25, 0.3) is 0 Å². The molecule has 31 heavy (non-hydrogen) atoms. The lowest BCUT2D eigenvalue weighted by Gasteiger charge is -2.35. The van der Waals surface area contributed by atoms with Gasteiger partial charge in [-0.05, 0) is 43.9 Å². The van der Waals surface area contributed by atoms with Gasteiger partial charge in [0.15, 0.2) is 0 Å². The second-order valence-electron chi connectivity index (χ2n) is 8.32. The van der Waals surface area contributed by atoms with E-state index in [2.05, 4.69) is 20.3 Å². The summed E-state index contributed by atoms with van der Waals surface area (Å²) in [7, 11) is 0. The molecule has 1 aromatic heterocycles. The number of aliphatic hydroxyl groups is 1. The van der Waals surface area contributed by atoms with Crippen LogP contribution in [-0.2, 0) is 14.9 Å². The molecule has 0 saturated carbocycles. The molecule has 7 nitrogen and oxygen atoms in total. The lowest BCUT2D eigenvalue weighted by molar-refractivity contribution is -0.0136. The number of hydrogen-bond donors (Lipinski definition) is 2. The summed E-state index contributed by atoms with van der Waals surface area (Å²) in [5.41, 5.74) is 2.90. The number of halogens is 2. The van der Waals surface area contributed by atoms with Gasteiger partial charge in [0.1, 0.15) is 11.5 Å². The largest absolute Gasteiger partial charge is 0.389 e. The van der Waals surface area contributed by atoms with Crippen molar-refractivity contribution in [1.82, 2.24) is 9.97 Å². The molecule has 1 aromatic carbocycles. The highest BCUT2D eigenvalue weighted by molar-refractivity contribution is 6.33. The second kappa shape index (κ2) is 8.09. The number of aliphatic hydroxyl groups excluding tert-OH is 1. The van der Waals surface area contributed by atoms with Crippen LogP contribution in [0.5, 0.6) is 0 Å². The van der Waals surface area contributed by atoms with Crippen LogP contribution in [0.4, 0.5) is 16.0 Å². The topological polar surface area (TPSA) is 88.9 Å². The van der Waals surface area contributed by atoms with E-state index >= 15 is 4.39 Å². The molecule has 1 spiro atoms. The van der Waals surface area contributed by atoms with E-state index in [4.69, 9.17) is 21.1 Å². The Labute approximate surface area is 184 Å². The molecule has 5 rings (SSSR count). The molecule has 164 valence electrons. The van der Waals surface area contributed by atoms with Crippen LogP contribution in [-0.4, -0.2) is 59.4 Å². The molecule has 3 aliphatic heterocycles. The van der Waals surface area contributed by atoms with Crippen molar-refractivity contribution in [3.8, 4) is 11.3 Å². The number of nitrogens with one attached hydrogen (secondary N) is 1. The predicted molar refractivity (Wildman–Crippen MR) is 116 cm³/mol. The smallest absolute Gasteiger partial charge is 0.223 e. The lowest BCUT2D eigenvalue weighted by atomic mass is 9.71. The molecule has 0 amide bonds. The number of benzene rings is 1. The Morgan fingerprint density at radius 1 is 1.23 bits per heavy atom. The summed E-state index contributed by atoms with van der Waals surface area (Å²) in [6.45, 7) is 4.01. The zero-order valence-electron chi connectivity index (χ0n) is 17.2. The van der Waals surface area contributed by atoms with Crippen LogP contribution in [0.15, 0.2) is 23.3 Å². The van der Waals surface area contributed by atoms with E-state index in [-0.39, 0.29) is 23.9 Å². The van der Waals surface area contributed by atoms with E-state index in [1.54, 1.807) is 0 Å². The van der Waals surface area contributed by atoms with Gasteiger partial charge in [-0.25, -0.2) is 14.4 Å². The Kier molecular flexibility index (Phi) is 5.42. The molecule has 0 bridgehead atoms. The summed E-state index contributed by atoms with van der Waals surface area (Å²) < 4.78 is 25.9. The molecule has 2 atom stereocenters. The number of aromatic nitrogens is 2. The minimum atomic E-state index is -0.651. The van der Waals surface area contributed by atoms with Crippen molar-refractivity contribution in [2.45, 2.75) is 43.7 Å². The van der Waals surface area contributed by atoms with Crippen molar-refractivity contribution in [2.75, 3.05) is 31.7 Å². The lowest BCUT2D eigenvalue weighted by Crippen LogP contribution is -2.42. The first-order valence-electron chi connectivity index (χ1n) is 10.5. The van der Waals surface area contributed by atoms with E-state index in [1.165, 1.54) is 12.3 Å². The number of anilines is 1. The van der Waals surface area contributed by atoms with Gasteiger partial charge in [0.2, 0.25) is 5.95 Å². The first-order valence-corrected chi connectivity index (χ1v) is 10.9. The number of nitrogens with zero attached hydrogens (tertiary/aromatic N) is 3. The van der Waals surface area contributed by atoms with Gasteiger partial charge >= 0.3 is 0 Å². The molecule has 2 fully saturated rings. The van der Waals surface area contributed by atoms with E-state index in [1.807, 2.05) is 13.0 Å². The minimum absolute atomic E-state index is 0.221. The Hall–Kier alpha value is -2.13. The molecule has 2 N–H and O–H groups in total. The van der Waals surface area contributed by atoms with Crippen molar-refractivity contribution >= 4 is 28.9 Å². The molecule has 4 heterocycles. The van der Waals surface area contributed by atoms with Crippen LogP contribution in [0.3, 0.4) is 0 Å². The van der Waals surface area contributed by atoms with Gasteiger partial charge in [0, 0.05) is 36.5 Å². The van der Waals surface area contributed by atoms with Gasteiger partial charge in [0.05, 0.1) is 35.7 Å². The third-order valence-corrected chi connectivity index (χ3v) is 6.83. The maximum absolute atomic E-state index is 15.1. The molecule has 2 aromatic rings.